The average Bonchev–Trinajstić information content (AvgIpc) is 2.65. The molecular weight excluding hydrogens is 338 g/mol. The van der Waals surface area contributed by atoms with Gasteiger partial charge in [0.2, 0.25) is 0 Å². The first-order valence-corrected chi connectivity index (χ1v) is 8.86. The van der Waals surface area contributed by atoms with E-state index in [4.69, 9.17) is 14.2 Å². The molecule has 0 spiro atoms. The van der Waals surface area contributed by atoms with Gasteiger partial charge in [0.1, 0.15) is 12.6 Å². The number of rotatable bonds is 5. The molecule has 2 saturated heterocycles. The number of ether oxygens (including phenoxy) is 3. The van der Waals surface area contributed by atoms with E-state index >= 15 is 0 Å². The maximum absolute atomic E-state index is 12.7. The van der Waals surface area contributed by atoms with E-state index < -0.39 is 18.1 Å². The molecule has 140 valence electrons. The average molecular weight is 361 g/mol. The summed E-state index contributed by atoms with van der Waals surface area (Å²) < 4.78 is 15.8. The standard InChI is InChI=1S/C19H23NO6/c1-2-25-17(21)9-14-8-15-11-24-12-16(18(14)22)20(15)19(23)26-10-13-6-4-3-5-7-13/h3-7,14-16H,2,8-12H2,1H3. The Balaban J connectivity index is 1.64. The SMILES string of the molecule is CCOC(=O)CC1CC2COCC(C1=O)N2C(=O)OCc1ccccc1. The fraction of sp³-hybridized carbons (Fsp3) is 0.526. The second kappa shape index (κ2) is 8.31. The lowest BCUT2D eigenvalue weighted by molar-refractivity contribution is -0.154. The van der Waals surface area contributed by atoms with Crippen molar-refractivity contribution >= 4 is 17.8 Å². The first kappa shape index (κ1) is 18.4. The van der Waals surface area contributed by atoms with Crippen molar-refractivity contribution in [2.75, 3.05) is 19.8 Å². The summed E-state index contributed by atoms with van der Waals surface area (Å²) in [4.78, 5) is 38.5. The van der Waals surface area contributed by atoms with E-state index in [1.54, 1.807) is 6.92 Å². The zero-order chi connectivity index (χ0) is 18.5. The Morgan fingerprint density at radius 1 is 1.19 bits per heavy atom. The highest BCUT2D eigenvalue weighted by molar-refractivity contribution is 5.93. The van der Waals surface area contributed by atoms with Gasteiger partial charge in [-0.3, -0.25) is 14.5 Å². The Bertz CT molecular complexity index is 661. The van der Waals surface area contributed by atoms with Crippen LogP contribution in [-0.4, -0.2) is 54.7 Å². The predicted molar refractivity (Wildman–Crippen MR) is 91.2 cm³/mol. The molecule has 2 bridgehead atoms. The number of nitrogens with zero attached hydrogens (tertiary/aromatic N) is 1. The Labute approximate surface area is 152 Å². The predicted octanol–water partition coefficient (Wildman–Crippen LogP) is 1.93. The molecule has 0 radical (unpaired) electrons. The largest absolute Gasteiger partial charge is 0.466 e. The smallest absolute Gasteiger partial charge is 0.411 e. The van der Waals surface area contributed by atoms with E-state index in [-0.39, 0.29) is 44.0 Å². The second-order valence-electron chi connectivity index (χ2n) is 6.50. The second-order valence-corrected chi connectivity index (χ2v) is 6.50. The van der Waals surface area contributed by atoms with Crippen LogP contribution in [0.25, 0.3) is 0 Å². The zero-order valence-electron chi connectivity index (χ0n) is 14.8. The van der Waals surface area contributed by atoms with E-state index in [0.29, 0.717) is 13.0 Å². The van der Waals surface area contributed by atoms with Gasteiger partial charge in [0.25, 0.3) is 0 Å². The van der Waals surface area contributed by atoms with Gasteiger partial charge in [0, 0.05) is 5.92 Å². The minimum atomic E-state index is -0.704. The summed E-state index contributed by atoms with van der Waals surface area (Å²) in [6, 6.07) is 8.40. The van der Waals surface area contributed by atoms with E-state index in [9.17, 15) is 14.4 Å². The molecule has 0 aliphatic carbocycles. The summed E-state index contributed by atoms with van der Waals surface area (Å²) in [6.45, 7) is 2.64. The van der Waals surface area contributed by atoms with Crippen molar-refractivity contribution in [1.82, 2.24) is 4.90 Å². The van der Waals surface area contributed by atoms with Crippen LogP contribution in [0.3, 0.4) is 0 Å². The van der Waals surface area contributed by atoms with Gasteiger partial charge in [0.05, 0.1) is 32.3 Å². The molecule has 0 aromatic heterocycles. The number of carbonyl (C=O) groups excluding carboxylic acids is 3. The highest BCUT2D eigenvalue weighted by Crippen LogP contribution is 2.32. The monoisotopic (exact) mass is 361 g/mol. The molecular formula is C19H23NO6. The molecule has 2 heterocycles. The van der Waals surface area contributed by atoms with Crippen molar-refractivity contribution < 1.29 is 28.6 Å². The number of fused-ring (bicyclic) bond motifs is 2. The molecule has 26 heavy (non-hydrogen) atoms. The van der Waals surface area contributed by atoms with Gasteiger partial charge in [-0.15, -0.1) is 0 Å². The summed E-state index contributed by atoms with van der Waals surface area (Å²) in [5.74, 6) is -0.985. The maximum atomic E-state index is 12.7. The van der Waals surface area contributed by atoms with Crippen LogP contribution >= 0.6 is 0 Å². The number of piperidine rings is 1. The quantitative estimate of drug-likeness (QED) is 0.746. The number of benzene rings is 1. The van der Waals surface area contributed by atoms with Crippen LogP contribution in [0.15, 0.2) is 30.3 Å². The van der Waals surface area contributed by atoms with Gasteiger partial charge >= 0.3 is 12.1 Å². The Morgan fingerprint density at radius 3 is 2.69 bits per heavy atom. The van der Waals surface area contributed by atoms with E-state index in [0.717, 1.165) is 5.56 Å². The molecule has 1 amide bonds. The lowest BCUT2D eigenvalue weighted by atomic mass is 9.82. The zero-order valence-corrected chi connectivity index (χ0v) is 14.8. The van der Waals surface area contributed by atoms with Crippen LogP contribution in [0.5, 0.6) is 0 Å². The fourth-order valence-electron chi connectivity index (χ4n) is 3.52. The normalized spacial score (nSPS) is 24.9. The molecule has 2 fully saturated rings. The van der Waals surface area contributed by atoms with Crippen LogP contribution in [0.1, 0.15) is 25.3 Å². The molecule has 1 aromatic carbocycles. The lowest BCUT2D eigenvalue weighted by Crippen LogP contribution is -2.63. The topological polar surface area (TPSA) is 82.1 Å². The van der Waals surface area contributed by atoms with Crippen LogP contribution in [-0.2, 0) is 30.4 Å². The summed E-state index contributed by atoms with van der Waals surface area (Å²) in [7, 11) is 0. The van der Waals surface area contributed by atoms with E-state index in [2.05, 4.69) is 0 Å². The van der Waals surface area contributed by atoms with Crippen molar-refractivity contribution in [2.24, 2.45) is 5.92 Å². The van der Waals surface area contributed by atoms with Crippen molar-refractivity contribution in [3.63, 3.8) is 0 Å². The number of esters is 1. The Hall–Kier alpha value is -2.41. The summed E-state index contributed by atoms with van der Waals surface area (Å²) in [5, 5.41) is 0. The molecule has 7 nitrogen and oxygen atoms in total. The number of ketones is 1. The summed E-state index contributed by atoms with van der Waals surface area (Å²) in [5.41, 5.74) is 0.880. The molecule has 3 rings (SSSR count). The third kappa shape index (κ3) is 4.04. The van der Waals surface area contributed by atoms with Crippen LogP contribution in [0.2, 0.25) is 0 Å². The summed E-state index contributed by atoms with van der Waals surface area (Å²) >= 11 is 0. The van der Waals surface area contributed by atoms with E-state index in [1.165, 1.54) is 4.90 Å². The molecule has 1 aromatic rings. The van der Waals surface area contributed by atoms with Crippen molar-refractivity contribution in [3.05, 3.63) is 35.9 Å². The van der Waals surface area contributed by atoms with Crippen LogP contribution < -0.4 is 0 Å². The Morgan fingerprint density at radius 2 is 1.96 bits per heavy atom. The van der Waals surface area contributed by atoms with Gasteiger partial charge in [0.15, 0.2) is 5.78 Å². The maximum Gasteiger partial charge on any atom is 0.411 e. The molecule has 3 atom stereocenters. The van der Waals surface area contributed by atoms with Gasteiger partial charge in [-0.25, -0.2) is 4.79 Å². The van der Waals surface area contributed by atoms with Gasteiger partial charge in [-0.05, 0) is 18.9 Å². The van der Waals surface area contributed by atoms with Crippen molar-refractivity contribution in [1.29, 1.82) is 0 Å². The van der Waals surface area contributed by atoms with Gasteiger partial charge < -0.3 is 14.2 Å². The van der Waals surface area contributed by atoms with Gasteiger partial charge in [-0.2, -0.15) is 0 Å². The number of hydrogen-bond acceptors (Lipinski definition) is 6. The van der Waals surface area contributed by atoms with Gasteiger partial charge in [-0.1, -0.05) is 30.3 Å². The number of morpholine rings is 1. The highest BCUT2D eigenvalue weighted by Gasteiger charge is 2.48. The first-order chi connectivity index (χ1) is 12.6. The highest BCUT2D eigenvalue weighted by atomic mass is 16.6. The molecule has 7 heteroatoms. The van der Waals surface area contributed by atoms with Crippen molar-refractivity contribution in [3.8, 4) is 0 Å². The summed E-state index contributed by atoms with van der Waals surface area (Å²) in [6.07, 6.45) is -0.0867. The van der Waals surface area contributed by atoms with Crippen molar-refractivity contribution in [2.45, 2.75) is 38.5 Å². The van der Waals surface area contributed by atoms with E-state index in [1.807, 2.05) is 30.3 Å². The third-order valence-electron chi connectivity index (χ3n) is 4.74. The molecule has 0 saturated carbocycles. The fourth-order valence-corrected chi connectivity index (χ4v) is 3.52. The van der Waals surface area contributed by atoms with Crippen LogP contribution in [0.4, 0.5) is 4.79 Å². The molecule has 0 N–H and O–H groups in total. The number of hydrogen-bond donors (Lipinski definition) is 0. The van der Waals surface area contributed by atoms with Crippen LogP contribution in [0, 0.1) is 5.92 Å². The first-order valence-electron chi connectivity index (χ1n) is 8.86. The lowest BCUT2D eigenvalue weighted by Gasteiger charge is -2.46. The Kier molecular flexibility index (Phi) is 5.88. The minimum Gasteiger partial charge on any atom is -0.466 e. The third-order valence-corrected chi connectivity index (χ3v) is 4.74. The molecule has 2 aliphatic rings. The molecule has 2 aliphatic heterocycles. The number of carbonyl (C=O) groups is 3. The number of amides is 1. The minimum absolute atomic E-state index is 0.0482. The number of Topliss-reactive ketones (excluding diaryl/α,β-unsaturated/α-hetero) is 1. The molecule has 3 unspecified atom stereocenters.